The van der Waals surface area contributed by atoms with Crippen LogP contribution in [-0.2, 0) is 14.4 Å². The van der Waals surface area contributed by atoms with Crippen LogP contribution >= 0.6 is 0 Å². The number of ether oxygens (including phenoxy) is 1. The van der Waals surface area contributed by atoms with Crippen molar-refractivity contribution in [2.24, 2.45) is 11.1 Å². The van der Waals surface area contributed by atoms with E-state index in [9.17, 15) is 4.79 Å². The Hall–Kier alpha value is -1.10. The maximum atomic E-state index is 11.7. The molecule has 0 bridgehead atoms. The van der Waals surface area contributed by atoms with Gasteiger partial charge in [0.15, 0.2) is 0 Å². The maximum Gasteiger partial charge on any atom is 0.269 e. The smallest absolute Gasteiger partial charge is 0.269 e. The first-order chi connectivity index (χ1) is 7.79. The van der Waals surface area contributed by atoms with Gasteiger partial charge >= 0.3 is 0 Å². The molecule has 2 atom stereocenters. The van der Waals surface area contributed by atoms with Crippen LogP contribution in [0.2, 0.25) is 0 Å². The first-order valence-corrected chi connectivity index (χ1v) is 5.88. The Bertz CT molecular complexity index is 285. The maximum absolute atomic E-state index is 11.7. The third-order valence-electron chi connectivity index (χ3n) is 3.03. The molecule has 0 aromatic carbocycles. The van der Waals surface area contributed by atoms with Crippen molar-refractivity contribution in [2.45, 2.75) is 32.3 Å². The molecule has 2 rings (SSSR count). The molecule has 1 fully saturated rings. The summed E-state index contributed by atoms with van der Waals surface area (Å²) in [6.07, 6.45) is 2.62. The van der Waals surface area contributed by atoms with Gasteiger partial charge in [-0.3, -0.25) is 4.79 Å². The molecule has 1 amide bonds. The normalized spacial score (nSPS) is 28.7. The monoisotopic (exact) mass is 226 g/mol. The molecule has 2 heterocycles. The van der Waals surface area contributed by atoms with Crippen molar-refractivity contribution in [1.29, 1.82) is 0 Å². The fraction of sp³-hybridized carbons (Fsp3) is 0.818. The molecule has 1 saturated heterocycles. The Kier molecular flexibility index (Phi) is 3.77. The Balaban J connectivity index is 1.71. The van der Waals surface area contributed by atoms with Crippen molar-refractivity contribution in [1.82, 2.24) is 5.32 Å². The molecule has 0 saturated carbocycles. The lowest BCUT2D eigenvalue weighted by Gasteiger charge is -2.08. The van der Waals surface area contributed by atoms with Gasteiger partial charge in [-0.2, -0.15) is 0 Å². The van der Waals surface area contributed by atoms with Gasteiger partial charge in [-0.1, -0.05) is 12.1 Å². The molecule has 0 aliphatic carbocycles. The fourth-order valence-corrected chi connectivity index (χ4v) is 1.86. The number of hydrogen-bond donors (Lipinski definition) is 1. The van der Waals surface area contributed by atoms with Gasteiger partial charge in [-0.05, 0) is 12.8 Å². The molecule has 0 radical (unpaired) electrons. The second kappa shape index (κ2) is 5.30. The average Bonchev–Trinajstić information content (AvgIpc) is 2.96. The van der Waals surface area contributed by atoms with Crippen LogP contribution in [0, 0.1) is 5.92 Å². The summed E-state index contributed by atoms with van der Waals surface area (Å²) in [4.78, 5) is 16.8. The molecule has 2 aliphatic rings. The number of carbonyl (C=O) groups is 1. The molecule has 5 nitrogen and oxygen atoms in total. The lowest BCUT2D eigenvalue weighted by Crippen LogP contribution is -2.34. The van der Waals surface area contributed by atoms with Crippen LogP contribution in [0.15, 0.2) is 5.16 Å². The van der Waals surface area contributed by atoms with Crippen molar-refractivity contribution in [3.05, 3.63) is 0 Å². The molecule has 0 aromatic heterocycles. The largest absolute Gasteiger partial charge is 0.392 e. The van der Waals surface area contributed by atoms with E-state index >= 15 is 0 Å². The zero-order valence-corrected chi connectivity index (χ0v) is 9.57. The van der Waals surface area contributed by atoms with E-state index in [0.717, 1.165) is 26.1 Å². The van der Waals surface area contributed by atoms with E-state index < -0.39 is 0 Å². The van der Waals surface area contributed by atoms with Gasteiger partial charge in [-0.15, -0.1) is 0 Å². The topological polar surface area (TPSA) is 59.9 Å². The standard InChI is InChI=1S/C11H18N2O3/c1-2-9-5-10(13-16-9)11(14)12-6-8-3-4-15-7-8/h8-9H,2-7H2,1H3,(H,12,14). The highest BCUT2D eigenvalue weighted by Gasteiger charge is 2.25. The van der Waals surface area contributed by atoms with Crippen molar-refractivity contribution in [3.63, 3.8) is 0 Å². The Morgan fingerprint density at radius 2 is 2.50 bits per heavy atom. The third-order valence-corrected chi connectivity index (χ3v) is 3.03. The van der Waals surface area contributed by atoms with E-state index in [1.165, 1.54) is 0 Å². The minimum absolute atomic E-state index is 0.0792. The zero-order chi connectivity index (χ0) is 11.4. The van der Waals surface area contributed by atoms with Gasteiger partial charge in [0.1, 0.15) is 11.8 Å². The van der Waals surface area contributed by atoms with Gasteiger partial charge in [0, 0.05) is 25.5 Å². The highest BCUT2D eigenvalue weighted by atomic mass is 16.6. The van der Waals surface area contributed by atoms with Gasteiger partial charge in [0.2, 0.25) is 0 Å². The van der Waals surface area contributed by atoms with Crippen LogP contribution in [0.25, 0.3) is 0 Å². The Labute approximate surface area is 95.2 Å². The molecular weight excluding hydrogens is 208 g/mol. The number of nitrogens with one attached hydrogen (secondary N) is 1. The summed E-state index contributed by atoms with van der Waals surface area (Å²) in [7, 11) is 0. The average molecular weight is 226 g/mol. The molecule has 1 N–H and O–H groups in total. The molecule has 16 heavy (non-hydrogen) atoms. The Morgan fingerprint density at radius 3 is 3.12 bits per heavy atom. The molecule has 90 valence electrons. The first kappa shape index (κ1) is 11.4. The molecule has 2 aliphatic heterocycles. The minimum Gasteiger partial charge on any atom is -0.392 e. The van der Waals surface area contributed by atoms with E-state index in [1.807, 2.05) is 6.92 Å². The van der Waals surface area contributed by atoms with Gasteiger partial charge in [0.25, 0.3) is 5.91 Å². The van der Waals surface area contributed by atoms with Crippen LogP contribution in [0.5, 0.6) is 0 Å². The quantitative estimate of drug-likeness (QED) is 0.767. The summed E-state index contributed by atoms with van der Waals surface area (Å²) < 4.78 is 5.24. The van der Waals surface area contributed by atoms with E-state index in [-0.39, 0.29) is 12.0 Å². The van der Waals surface area contributed by atoms with Crippen LogP contribution < -0.4 is 5.32 Å². The number of hydrogen-bond acceptors (Lipinski definition) is 4. The SMILES string of the molecule is CCC1CC(C(=O)NCC2CCOC2)=NO1. The van der Waals surface area contributed by atoms with Crippen molar-refractivity contribution < 1.29 is 14.4 Å². The molecule has 5 heteroatoms. The number of oxime groups is 1. The lowest BCUT2D eigenvalue weighted by atomic mass is 10.1. The summed E-state index contributed by atoms with van der Waals surface area (Å²) in [5.74, 6) is 0.358. The summed E-state index contributed by atoms with van der Waals surface area (Å²) in [6, 6.07) is 0. The van der Waals surface area contributed by atoms with Crippen molar-refractivity contribution in [2.75, 3.05) is 19.8 Å². The summed E-state index contributed by atoms with van der Waals surface area (Å²) in [5.41, 5.74) is 0.519. The summed E-state index contributed by atoms with van der Waals surface area (Å²) >= 11 is 0. The van der Waals surface area contributed by atoms with E-state index in [2.05, 4.69) is 10.5 Å². The second-order valence-corrected chi connectivity index (χ2v) is 4.32. The van der Waals surface area contributed by atoms with Gasteiger partial charge < -0.3 is 14.9 Å². The van der Waals surface area contributed by atoms with Crippen molar-refractivity contribution >= 4 is 11.6 Å². The minimum atomic E-state index is -0.0946. The van der Waals surface area contributed by atoms with E-state index in [4.69, 9.17) is 9.57 Å². The molecule has 0 aromatic rings. The molecule has 0 spiro atoms. The second-order valence-electron chi connectivity index (χ2n) is 4.32. The molecular formula is C11H18N2O3. The third kappa shape index (κ3) is 2.72. The van der Waals surface area contributed by atoms with Crippen LogP contribution in [0.1, 0.15) is 26.2 Å². The number of carbonyl (C=O) groups excluding carboxylic acids is 1. The molecule has 2 unspecified atom stereocenters. The van der Waals surface area contributed by atoms with Gasteiger partial charge in [0.05, 0.1) is 6.61 Å². The number of rotatable bonds is 4. The van der Waals surface area contributed by atoms with E-state index in [0.29, 0.717) is 24.6 Å². The lowest BCUT2D eigenvalue weighted by molar-refractivity contribution is -0.115. The Morgan fingerprint density at radius 1 is 1.62 bits per heavy atom. The van der Waals surface area contributed by atoms with Crippen LogP contribution in [0.3, 0.4) is 0 Å². The highest BCUT2D eigenvalue weighted by Crippen LogP contribution is 2.14. The van der Waals surface area contributed by atoms with Crippen LogP contribution in [-0.4, -0.2) is 37.5 Å². The fourth-order valence-electron chi connectivity index (χ4n) is 1.86. The number of nitrogens with zero attached hydrogens (tertiary/aromatic N) is 1. The predicted molar refractivity (Wildman–Crippen MR) is 59.2 cm³/mol. The first-order valence-electron chi connectivity index (χ1n) is 5.88. The summed E-state index contributed by atoms with van der Waals surface area (Å²) in [5, 5.41) is 6.69. The number of amides is 1. The summed E-state index contributed by atoms with van der Waals surface area (Å²) in [6.45, 7) is 4.26. The highest BCUT2D eigenvalue weighted by molar-refractivity contribution is 6.39. The van der Waals surface area contributed by atoms with Crippen LogP contribution in [0.4, 0.5) is 0 Å². The van der Waals surface area contributed by atoms with Gasteiger partial charge in [-0.25, -0.2) is 0 Å². The van der Waals surface area contributed by atoms with E-state index in [1.54, 1.807) is 0 Å². The zero-order valence-electron chi connectivity index (χ0n) is 9.57. The van der Waals surface area contributed by atoms with Crippen molar-refractivity contribution in [3.8, 4) is 0 Å². The predicted octanol–water partition coefficient (Wildman–Crippen LogP) is 0.694.